The van der Waals surface area contributed by atoms with Crippen LogP contribution in [0.4, 0.5) is 18.0 Å². The van der Waals surface area contributed by atoms with E-state index in [-0.39, 0.29) is 24.4 Å². The Morgan fingerprint density at radius 2 is 1.65 bits per heavy atom. The fraction of sp³-hybridized carbons (Fsp3) is 0.409. The van der Waals surface area contributed by atoms with Gasteiger partial charge in [0.05, 0.1) is 10.4 Å². The number of hydrogen-bond donors (Lipinski definition) is 1. The van der Waals surface area contributed by atoms with Crippen LogP contribution in [0.3, 0.4) is 0 Å². The quantitative estimate of drug-likeness (QED) is 0.596. The fourth-order valence-electron chi connectivity index (χ4n) is 3.58. The third-order valence-corrected chi connectivity index (χ3v) is 6.82. The van der Waals surface area contributed by atoms with Crippen LogP contribution in [-0.2, 0) is 20.3 Å². The topological polar surface area (TPSA) is 84.9 Å². The highest BCUT2D eigenvalue weighted by Gasteiger charge is 2.45. The molecular formula is C22H24ClF3N2O5S. The summed E-state index contributed by atoms with van der Waals surface area (Å²) < 4.78 is 75.5. The number of ether oxygens (including phenoxy) is 2. The molecule has 0 saturated carbocycles. The van der Waals surface area contributed by atoms with Gasteiger partial charge in [-0.1, -0.05) is 23.7 Å². The summed E-state index contributed by atoms with van der Waals surface area (Å²) in [5.41, 5.74) is -1.37. The molecule has 12 heteroatoms. The van der Waals surface area contributed by atoms with Gasteiger partial charge >= 0.3 is 12.5 Å². The molecule has 1 aliphatic heterocycles. The number of benzene rings is 2. The van der Waals surface area contributed by atoms with E-state index in [4.69, 9.17) is 16.3 Å². The third-order valence-electron chi connectivity index (χ3n) is 5.02. The molecule has 0 radical (unpaired) electrons. The number of rotatable bonds is 5. The zero-order valence-electron chi connectivity index (χ0n) is 18.6. The van der Waals surface area contributed by atoms with Gasteiger partial charge in [-0.05, 0) is 69.2 Å². The molecule has 3 rings (SSSR count). The molecule has 2 aromatic carbocycles. The fourth-order valence-corrected chi connectivity index (χ4v) is 5.11. The van der Waals surface area contributed by atoms with Gasteiger partial charge in [0.15, 0.2) is 0 Å². The maximum atomic E-state index is 13.2. The van der Waals surface area contributed by atoms with E-state index in [0.717, 1.165) is 24.3 Å². The molecule has 2 aromatic rings. The van der Waals surface area contributed by atoms with Crippen molar-refractivity contribution >= 4 is 27.7 Å². The van der Waals surface area contributed by atoms with Gasteiger partial charge < -0.3 is 14.4 Å². The van der Waals surface area contributed by atoms with E-state index in [1.165, 1.54) is 4.90 Å². The van der Waals surface area contributed by atoms with E-state index in [9.17, 15) is 26.4 Å². The van der Waals surface area contributed by atoms with Crippen LogP contribution >= 0.6 is 11.6 Å². The lowest BCUT2D eigenvalue weighted by Gasteiger charge is -2.31. The molecule has 1 heterocycles. The number of likely N-dealkylation sites (tertiary alicyclic amines) is 1. The highest BCUT2D eigenvalue weighted by molar-refractivity contribution is 7.89. The van der Waals surface area contributed by atoms with Crippen LogP contribution < -0.4 is 9.46 Å². The van der Waals surface area contributed by atoms with E-state index in [1.807, 2.05) is 0 Å². The van der Waals surface area contributed by atoms with E-state index in [2.05, 4.69) is 9.46 Å². The maximum Gasteiger partial charge on any atom is 0.573 e. The van der Waals surface area contributed by atoms with Gasteiger partial charge in [0, 0.05) is 18.1 Å². The average molecular weight is 521 g/mol. The summed E-state index contributed by atoms with van der Waals surface area (Å²) in [6.45, 7) is 5.38. The maximum absolute atomic E-state index is 13.2. The van der Waals surface area contributed by atoms with Gasteiger partial charge in [0.2, 0.25) is 10.0 Å². The summed E-state index contributed by atoms with van der Waals surface area (Å²) >= 11 is 5.99. The summed E-state index contributed by atoms with van der Waals surface area (Å²) in [6, 6.07) is 10.4. The highest BCUT2D eigenvalue weighted by atomic mass is 35.5. The number of alkyl halides is 3. The smallest absolute Gasteiger partial charge is 0.444 e. The van der Waals surface area contributed by atoms with Crippen molar-refractivity contribution in [2.24, 2.45) is 0 Å². The summed E-state index contributed by atoms with van der Waals surface area (Å²) in [5.74, 6) is -0.546. The predicted octanol–water partition coefficient (Wildman–Crippen LogP) is 5.05. The average Bonchev–Trinajstić information content (AvgIpc) is 3.11. The zero-order valence-corrected chi connectivity index (χ0v) is 20.2. The molecule has 0 unspecified atom stereocenters. The van der Waals surface area contributed by atoms with Crippen molar-refractivity contribution in [3.63, 3.8) is 0 Å². The second kappa shape index (κ2) is 9.27. The molecule has 1 atom stereocenters. The van der Waals surface area contributed by atoms with Crippen molar-refractivity contribution in [1.82, 2.24) is 9.62 Å². The molecule has 1 saturated heterocycles. The van der Waals surface area contributed by atoms with Crippen LogP contribution in [-0.4, -0.2) is 44.5 Å². The van der Waals surface area contributed by atoms with Crippen LogP contribution in [0.5, 0.6) is 5.75 Å². The Kier molecular flexibility index (Phi) is 7.12. The van der Waals surface area contributed by atoms with Gasteiger partial charge in [-0.3, -0.25) is 0 Å². The standard InChI is InChI=1S/C22H24ClF3N2O5S/c1-20(2,3)33-19(29)28-13-12-21(14-28,15-4-6-16(23)7-5-15)27-34(30,31)18-10-8-17(9-11-18)32-22(24,25)26/h4-11,27H,12-14H2,1-3H3/t21-/m1/s1. The number of nitrogens with zero attached hydrogens (tertiary/aromatic N) is 1. The summed E-state index contributed by atoms with van der Waals surface area (Å²) in [4.78, 5) is 13.8. The van der Waals surface area contributed by atoms with Crippen LogP contribution in [0, 0.1) is 0 Å². The summed E-state index contributed by atoms with van der Waals surface area (Å²) in [7, 11) is -4.20. The second-order valence-corrected chi connectivity index (χ2v) is 11.0. The molecule has 1 aliphatic rings. The van der Waals surface area contributed by atoms with Gasteiger partial charge in [-0.2, -0.15) is 4.72 Å². The molecule has 1 N–H and O–H groups in total. The first kappa shape index (κ1) is 26.1. The Morgan fingerprint density at radius 3 is 2.18 bits per heavy atom. The normalized spacial score (nSPS) is 19.2. The third kappa shape index (κ3) is 6.55. The number of sulfonamides is 1. The van der Waals surface area contributed by atoms with Crippen molar-refractivity contribution in [2.75, 3.05) is 13.1 Å². The van der Waals surface area contributed by atoms with E-state index in [1.54, 1.807) is 45.0 Å². The Morgan fingerprint density at radius 1 is 1.06 bits per heavy atom. The van der Waals surface area contributed by atoms with E-state index >= 15 is 0 Å². The molecule has 0 bridgehead atoms. The van der Waals surface area contributed by atoms with Crippen LogP contribution in [0.25, 0.3) is 0 Å². The molecule has 34 heavy (non-hydrogen) atoms. The zero-order chi connectivity index (χ0) is 25.4. The first-order valence-electron chi connectivity index (χ1n) is 10.2. The Bertz CT molecular complexity index is 1130. The van der Waals surface area contributed by atoms with Crippen molar-refractivity contribution in [3.8, 4) is 5.75 Å². The van der Waals surface area contributed by atoms with Crippen LogP contribution in [0.2, 0.25) is 5.02 Å². The number of halogens is 4. The van der Waals surface area contributed by atoms with Gasteiger partial charge in [-0.25, -0.2) is 13.2 Å². The Balaban J connectivity index is 1.90. The molecular weight excluding hydrogens is 497 g/mol. The number of carbonyl (C=O) groups is 1. The molecule has 0 aliphatic carbocycles. The largest absolute Gasteiger partial charge is 0.573 e. The SMILES string of the molecule is CC(C)(C)OC(=O)N1CC[C@](NS(=O)(=O)c2ccc(OC(F)(F)F)cc2)(c2ccc(Cl)cc2)C1. The molecule has 186 valence electrons. The Hall–Kier alpha value is -2.50. The number of nitrogens with one attached hydrogen (secondary N) is 1. The minimum absolute atomic E-state index is 0.0158. The van der Waals surface area contributed by atoms with Crippen molar-refractivity contribution < 1.29 is 35.9 Å². The van der Waals surface area contributed by atoms with Gasteiger partial charge in [0.25, 0.3) is 0 Å². The molecule has 0 spiro atoms. The van der Waals surface area contributed by atoms with Gasteiger partial charge in [-0.15, -0.1) is 13.2 Å². The first-order valence-corrected chi connectivity index (χ1v) is 12.1. The Labute approximate surface area is 200 Å². The van der Waals surface area contributed by atoms with Crippen LogP contribution in [0.1, 0.15) is 32.8 Å². The van der Waals surface area contributed by atoms with Crippen molar-refractivity contribution in [2.45, 2.75) is 49.6 Å². The molecule has 7 nitrogen and oxygen atoms in total. The van der Waals surface area contributed by atoms with Gasteiger partial charge in [0.1, 0.15) is 11.4 Å². The number of amides is 1. The van der Waals surface area contributed by atoms with E-state index in [0.29, 0.717) is 10.6 Å². The first-order chi connectivity index (χ1) is 15.6. The van der Waals surface area contributed by atoms with Crippen LogP contribution in [0.15, 0.2) is 53.4 Å². The minimum Gasteiger partial charge on any atom is -0.444 e. The lowest BCUT2D eigenvalue weighted by molar-refractivity contribution is -0.274. The van der Waals surface area contributed by atoms with E-state index < -0.39 is 39.4 Å². The molecule has 1 fully saturated rings. The molecule has 0 aromatic heterocycles. The lowest BCUT2D eigenvalue weighted by Crippen LogP contribution is -2.48. The highest BCUT2D eigenvalue weighted by Crippen LogP contribution is 2.35. The van der Waals surface area contributed by atoms with Crippen molar-refractivity contribution in [1.29, 1.82) is 0 Å². The predicted molar refractivity (Wildman–Crippen MR) is 119 cm³/mol. The number of hydrogen-bond acceptors (Lipinski definition) is 5. The lowest BCUT2D eigenvalue weighted by atomic mass is 9.90. The summed E-state index contributed by atoms with van der Waals surface area (Å²) in [6.07, 6.45) is -5.24. The molecule has 1 amide bonds. The number of carbonyl (C=O) groups excluding carboxylic acids is 1. The van der Waals surface area contributed by atoms with Crippen molar-refractivity contribution in [3.05, 3.63) is 59.1 Å². The summed E-state index contributed by atoms with van der Waals surface area (Å²) in [5, 5.41) is 0.448. The monoisotopic (exact) mass is 520 g/mol. The second-order valence-electron chi connectivity index (χ2n) is 8.87. The minimum atomic E-state index is -4.90.